The Labute approximate surface area is 62.4 Å². The van der Waals surface area contributed by atoms with Crippen LogP contribution in [-0.2, 0) is 14.7 Å². The van der Waals surface area contributed by atoms with Gasteiger partial charge in [0.05, 0.1) is 6.51 Å². The lowest BCUT2D eigenvalue weighted by atomic mass is 9.77. The van der Waals surface area contributed by atoms with Gasteiger partial charge in [0.25, 0.3) is 0 Å². The molecule has 0 aromatic heterocycles. The van der Waals surface area contributed by atoms with E-state index in [1.165, 1.54) is 32.8 Å². The quantitative estimate of drug-likeness (QED) is 0.358. The Morgan fingerprint density at radius 1 is 1.10 bits per heavy atom. The monoisotopic (exact) mass is 142 g/mol. The van der Waals surface area contributed by atoms with Crippen molar-refractivity contribution in [2.75, 3.05) is 6.51 Å². The van der Waals surface area contributed by atoms with Crippen LogP contribution in [0.15, 0.2) is 0 Å². The van der Waals surface area contributed by atoms with Crippen molar-refractivity contribution in [2.24, 2.45) is 0 Å². The molecule has 0 aliphatic carbocycles. The topological polar surface area (TPSA) is 27.7 Å². The van der Waals surface area contributed by atoms with Crippen molar-refractivity contribution in [3.05, 3.63) is 0 Å². The summed E-state index contributed by atoms with van der Waals surface area (Å²) < 4.78 is 0. The van der Waals surface area contributed by atoms with Gasteiger partial charge in [0.15, 0.2) is 0 Å². The first-order valence-electron chi connectivity index (χ1n) is 3.91. The first kappa shape index (κ1) is 8.11. The lowest BCUT2D eigenvalue weighted by molar-refractivity contribution is -0.433. The first-order valence-corrected chi connectivity index (χ1v) is 3.91. The molecule has 10 heavy (non-hydrogen) atoms. The van der Waals surface area contributed by atoms with Gasteiger partial charge in [-0.15, -0.1) is 0 Å². The molecular weight excluding hydrogens is 130 g/mol. The van der Waals surface area contributed by atoms with Gasteiger partial charge in [-0.05, 0) is 0 Å². The maximum atomic E-state index is 4.22. The molecule has 0 radical (unpaired) electrons. The standard InChI is InChI=1S/C4H9B.CH3BO3/c2*1-2-4-5-3-1/h5H,1-4H2;2H,1H2. The van der Waals surface area contributed by atoms with E-state index >= 15 is 0 Å². The molecule has 56 valence electrons. The third-order valence-corrected chi connectivity index (χ3v) is 1.60. The van der Waals surface area contributed by atoms with Crippen molar-refractivity contribution in [3.63, 3.8) is 0 Å². The van der Waals surface area contributed by atoms with E-state index in [-0.39, 0.29) is 0 Å². The summed E-state index contributed by atoms with van der Waals surface area (Å²) in [6, 6.07) is 0. The minimum absolute atomic E-state index is 0.556. The molecule has 2 fully saturated rings. The third-order valence-electron chi connectivity index (χ3n) is 1.60. The molecule has 2 aliphatic rings. The molecule has 2 aliphatic heterocycles. The maximum absolute atomic E-state index is 4.22. The molecule has 0 amide bonds. The second kappa shape index (κ2) is 5.77. The summed E-state index contributed by atoms with van der Waals surface area (Å²) in [5.74, 6) is 0. The molecule has 0 spiro atoms. The van der Waals surface area contributed by atoms with Gasteiger partial charge < -0.3 is 0 Å². The largest absolute Gasteiger partial charge is 0.357 e. The molecule has 0 N–H and O–H groups in total. The van der Waals surface area contributed by atoms with Crippen LogP contribution in [-0.4, -0.2) is 21.3 Å². The van der Waals surface area contributed by atoms with E-state index in [1.807, 2.05) is 0 Å². The number of hydrogen-bond acceptors (Lipinski definition) is 3. The Hall–Kier alpha value is 0.00987. The lowest BCUT2D eigenvalue weighted by Gasteiger charge is -1.77. The van der Waals surface area contributed by atoms with Gasteiger partial charge in [0, 0.05) is 0 Å². The highest BCUT2D eigenvalue weighted by Gasteiger charge is 2.01. The zero-order valence-corrected chi connectivity index (χ0v) is 6.17. The molecule has 0 aromatic carbocycles. The normalized spacial score (nSPS) is 22.4. The van der Waals surface area contributed by atoms with Crippen LogP contribution < -0.4 is 0 Å². The Bertz CT molecular complexity index is 48.1. The molecule has 0 bridgehead atoms. The molecular formula is C5H12B2O3. The SMILES string of the molecule is B1CCCC1.B1COOO1. The van der Waals surface area contributed by atoms with Gasteiger partial charge in [-0.2, -0.15) is 0 Å². The highest BCUT2D eigenvalue weighted by atomic mass is 17.5. The number of hydrogen-bond donors (Lipinski definition) is 0. The van der Waals surface area contributed by atoms with Gasteiger partial charge in [-0.25, -0.2) is 4.89 Å². The third kappa shape index (κ3) is 3.93. The molecule has 3 nitrogen and oxygen atoms in total. The lowest BCUT2D eigenvalue weighted by Crippen LogP contribution is -1.86. The molecule has 0 aromatic rings. The van der Waals surface area contributed by atoms with Crippen LogP contribution in [0.2, 0.25) is 12.6 Å². The molecule has 2 heterocycles. The van der Waals surface area contributed by atoms with E-state index in [0.717, 1.165) is 0 Å². The summed E-state index contributed by atoms with van der Waals surface area (Å²) in [7, 11) is 2.06. The highest BCUT2D eigenvalue weighted by Crippen LogP contribution is 2.09. The van der Waals surface area contributed by atoms with Crippen molar-refractivity contribution < 1.29 is 14.7 Å². The fourth-order valence-electron chi connectivity index (χ4n) is 1.05. The smallest absolute Gasteiger partial charge is 0.277 e. The average Bonchev–Trinajstić information content (AvgIpc) is 2.67. The van der Waals surface area contributed by atoms with Crippen LogP contribution in [0.3, 0.4) is 0 Å². The Morgan fingerprint density at radius 2 is 1.90 bits per heavy atom. The van der Waals surface area contributed by atoms with E-state index < -0.39 is 0 Å². The Kier molecular flexibility index (Phi) is 4.68. The summed E-state index contributed by atoms with van der Waals surface area (Å²) >= 11 is 0. The van der Waals surface area contributed by atoms with E-state index in [1.54, 1.807) is 0 Å². The molecule has 0 unspecified atom stereocenters. The van der Waals surface area contributed by atoms with Crippen molar-refractivity contribution >= 4 is 14.8 Å². The zero-order valence-electron chi connectivity index (χ0n) is 6.17. The van der Waals surface area contributed by atoms with Crippen LogP contribution in [0, 0.1) is 0 Å². The van der Waals surface area contributed by atoms with Crippen molar-refractivity contribution in [1.29, 1.82) is 0 Å². The van der Waals surface area contributed by atoms with Crippen molar-refractivity contribution in [3.8, 4) is 0 Å². The summed E-state index contributed by atoms with van der Waals surface area (Å²) in [5, 5.41) is 3.94. The predicted molar refractivity (Wildman–Crippen MR) is 41.3 cm³/mol. The molecule has 2 saturated heterocycles. The Balaban J connectivity index is 0.0000001000. The summed E-state index contributed by atoms with van der Waals surface area (Å²) in [4.78, 5) is 8.44. The average molecular weight is 142 g/mol. The van der Waals surface area contributed by atoms with E-state index in [9.17, 15) is 0 Å². The molecule has 5 heteroatoms. The summed E-state index contributed by atoms with van der Waals surface area (Å²) in [5.41, 5.74) is 0. The zero-order chi connectivity index (χ0) is 7.07. The fourth-order valence-corrected chi connectivity index (χ4v) is 1.05. The minimum atomic E-state index is 0.556. The molecule has 2 rings (SSSR count). The second-order valence-corrected chi connectivity index (χ2v) is 2.48. The van der Waals surface area contributed by atoms with E-state index in [2.05, 4.69) is 14.7 Å². The Morgan fingerprint density at radius 3 is 2.10 bits per heavy atom. The molecule has 0 saturated carbocycles. The molecule has 0 atom stereocenters. The van der Waals surface area contributed by atoms with Gasteiger partial charge >= 0.3 is 7.48 Å². The minimum Gasteiger partial charge on any atom is -0.277 e. The van der Waals surface area contributed by atoms with E-state index in [4.69, 9.17) is 0 Å². The van der Waals surface area contributed by atoms with Crippen LogP contribution in [0.4, 0.5) is 0 Å². The second-order valence-electron chi connectivity index (χ2n) is 2.48. The van der Waals surface area contributed by atoms with Crippen LogP contribution in [0.5, 0.6) is 0 Å². The van der Waals surface area contributed by atoms with Crippen molar-refractivity contribution in [2.45, 2.75) is 25.5 Å². The fraction of sp³-hybridized carbons (Fsp3) is 1.00. The van der Waals surface area contributed by atoms with Crippen LogP contribution in [0.1, 0.15) is 12.8 Å². The number of rotatable bonds is 0. The highest BCUT2D eigenvalue weighted by molar-refractivity contribution is 6.36. The van der Waals surface area contributed by atoms with E-state index in [0.29, 0.717) is 14.0 Å². The van der Waals surface area contributed by atoms with Gasteiger partial charge in [0.2, 0.25) is 0 Å². The van der Waals surface area contributed by atoms with Crippen LogP contribution in [0.25, 0.3) is 0 Å². The maximum Gasteiger partial charge on any atom is 0.357 e. The van der Waals surface area contributed by atoms with Crippen molar-refractivity contribution in [1.82, 2.24) is 0 Å². The summed E-state index contributed by atoms with van der Waals surface area (Å²) in [6.07, 6.45) is 6.00. The summed E-state index contributed by atoms with van der Waals surface area (Å²) in [6.45, 7) is 0.556. The predicted octanol–water partition coefficient (Wildman–Crippen LogP) is 0.242. The van der Waals surface area contributed by atoms with Gasteiger partial charge in [0.1, 0.15) is 7.28 Å². The van der Waals surface area contributed by atoms with Gasteiger partial charge in [-0.3, -0.25) is 4.81 Å². The van der Waals surface area contributed by atoms with Gasteiger partial charge in [-0.1, -0.05) is 30.5 Å². The first-order chi connectivity index (χ1) is 5.00. The van der Waals surface area contributed by atoms with Crippen LogP contribution >= 0.6 is 0 Å².